The fourth-order valence-electron chi connectivity index (χ4n) is 3.39. The zero-order valence-electron chi connectivity index (χ0n) is 18.6. The fraction of sp³-hybridized carbons (Fsp3) is 0.478. The van der Waals surface area contributed by atoms with Crippen molar-refractivity contribution in [2.45, 2.75) is 71.5 Å². The first-order valence-electron chi connectivity index (χ1n) is 9.84. The van der Waals surface area contributed by atoms with Gasteiger partial charge in [-0.2, -0.15) is 0 Å². The van der Waals surface area contributed by atoms with E-state index in [2.05, 4.69) is 122 Å². The third-order valence-corrected chi connectivity index (χ3v) is 38.8. The van der Waals surface area contributed by atoms with Gasteiger partial charge in [-0.15, -0.1) is 0 Å². The molecule has 2 aromatic carbocycles. The molecule has 0 saturated heterocycles. The largest absolute Gasteiger partial charge is 0.0832 e. The molecule has 2 atom stereocenters. The standard InChI is InChI=1S/C23H37P3Si/c1-22(2,3)24(20-16-12-10-13-17-20)26(27(7,8)9)25(23(4,5)6)21-18-14-11-15-19-21/h10-19H,1-9H3. The normalized spacial score (nSPS) is 16.6. The molecule has 2 rings (SSSR count). The molecule has 0 aromatic heterocycles. The van der Waals surface area contributed by atoms with Gasteiger partial charge in [-0.1, -0.05) is 129 Å². The average molecular weight is 435 g/mol. The Morgan fingerprint density at radius 3 is 1.07 bits per heavy atom. The van der Waals surface area contributed by atoms with Crippen LogP contribution in [0.5, 0.6) is 0 Å². The summed E-state index contributed by atoms with van der Waals surface area (Å²) in [7, 11) is -1.82. The van der Waals surface area contributed by atoms with Crippen LogP contribution in [0, 0.1) is 0 Å². The number of hydrogen-bond acceptors (Lipinski definition) is 0. The minimum absolute atomic E-state index is 0.0887. The van der Waals surface area contributed by atoms with E-state index in [0.29, 0.717) is 10.3 Å². The molecule has 0 spiro atoms. The second-order valence-corrected chi connectivity index (χ2v) is 33.4. The molecule has 0 heterocycles. The molecule has 0 N–H and O–H groups in total. The van der Waals surface area contributed by atoms with Crippen LogP contribution in [-0.4, -0.2) is 18.1 Å². The first-order valence-corrected chi connectivity index (χ1v) is 19.6. The summed E-state index contributed by atoms with van der Waals surface area (Å²) in [5.74, 6) is 0. The Kier molecular flexibility index (Phi) is 7.53. The van der Waals surface area contributed by atoms with Crippen LogP contribution in [0.2, 0.25) is 19.6 Å². The van der Waals surface area contributed by atoms with Crippen LogP contribution in [0.25, 0.3) is 0 Å². The molecule has 0 aliphatic heterocycles. The molecule has 0 radical (unpaired) electrons. The van der Waals surface area contributed by atoms with Crippen LogP contribution in [0.3, 0.4) is 0 Å². The van der Waals surface area contributed by atoms with Crippen molar-refractivity contribution in [2.75, 3.05) is 0 Å². The lowest BCUT2D eigenvalue weighted by molar-refractivity contribution is 0.794. The Hall–Kier alpha value is -0.0531. The highest BCUT2D eigenvalue weighted by molar-refractivity contribution is 8.74. The van der Waals surface area contributed by atoms with Crippen LogP contribution in [0.4, 0.5) is 0 Å². The summed E-state index contributed by atoms with van der Waals surface area (Å²) < 4.78 is 0. The third kappa shape index (κ3) is 5.96. The van der Waals surface area contributed by atoms with Gasteiger partial charge in [0.15, 0.2) is 0 Å². The number of benzene rings is 2. The van der Waals surface area contributed by atoms with E-state index in [1.807, 2.05) is 0 Å². The maximum atomic E-state index is 2.63. The highest BCUT2D eigenvalue weighted by atomic mass is 32.6. The minimum Gasteiger partial charge on any atom is -0.0650 e. The molecule has 0 aliphatic rings. The van der Waals surface area contributed by atoms with Gasteiger partial charge in [-0.05, 0) is 36.1 Å². The minimum atomic E-state index is -1.38. The fourth-order valence-corrected chi connectivity index (χ4v) is 45.0. The molecule has 2 aromatic rings. The lowest BCUT2D eigenvalue weighted by Crippen LogP contribution is -2.30. The predicted octanol–water partition coefficient (Wildman–Crippen LogP) is 8.35. The molecule has 2 unspecified atom stereocenters. The van der Waals surface area contributed by atoms with E-state index >= 15 is 0 Å². The van der Waals surface area contributed by atoms with E-state index in [9.17, 15) is 0 Å². The topological polar surface area (TPSA) is 0 Å². The van der Waals surface area contributed by atoms with E-state index in [1.165, 1.54) is 0 Å². The first-order chi connectivity index (χ1) is 12.3. The molecule has 0 nitrogen and oxygen atoms in total. The first kappa shape index (κ1) is 23.2. The molecule has 0 bridgehead atoms. The number of rotatable bonds is 5. The van der Waals surface area contributed by atoms with Crippen LogP contribution < -0.4 is 10.6 Å². The second kappa shape index (κ2) is 8.75. The van der Waals surface area contributed by atoms with Gasteiger partial charge < -0.3 is 0 Å². The van der Waals surface area contributed by atoms with Gasteiger partial charge in [0.05, 0.1) is 7.74 Å². The summed E-state index contributed by atoms with van der Waals surface area (Å²) in [5, 5.41) is 3.87. The quantitative estimate of drug-likeness (QED) is 0.328. The Labute approximate surface area is 172 Å². The maximum Gasteiger partial charge on any atom is 0.0832 e. The van der Waals surface area contributed by atoms with E-state index in [1.54, 1.807) is 10.6 Å². The van der Waals surface area contributed by atoms with Crippen molar-refractivity contribution in [3.8, 4) is 0 Å². The van der Waals surface area contributed by atoms with Crippen molar-refractivity contribution in [1.29, 1.82) is 0 Å². The third-order valence-electron chi connectivity index (χ3n) is 4.25. The van der Waals surface area contributed by atoms with Gasteiger partial charge in [0.2, 0.25) is 0 Å². The molecule has 148 valence electrons. The van der Waals surface area contributed by atoms with Crippen molar-refractivity contribution in [2.24, 2.45) is 0 Å². The SMILES string of the molecule is CC(C)(C)P(c1ccccc1)P(P(c1ccccc1)C(C)(C)C)[Si](C)(C)C. The molecule has 4 heteroatoms. The van der Waals surface area contributed by atoms with Gasteiger partial charge in [-0.25, -0.2) is 0 Å². The summed E-state index contributed by atoms with van der Waals surface area (Å²) in [6.45, 7) is 22.7. The van der Waals surface area contributed by atoms with E-state index in [4.69, 9.17) is 0 Å². The molecule has 27 heavy (non-hydrogen) atoms. The monoisotopic (exact) mass is 434 g/mol. The van der Waals surface area contributed by atoms with Gasteiger partial charge in [0, 0.05) is 0 Å². The molecular formula is C23H37P3Si. The molecular weight excluding hydrogens is 397 g/mol. The highest BCUT2D eigenvalue weighted by Gasteiger charge is 2.47. The Morgan fingerprint density at radius 2 is 0.852 bits per heavy atom. The van der Waals surface area contributed by atoms with Crippen molar-refractivity contribution in [1.82, 2.24) is 0 Å². The summed E-state index contributed by atoms with van der Waals surface area (Å²) in [6, 6.07) is 23.0. The Bertz CT molecular complexity index is 652. The van der Waals surface area contributed by atoms with Crippen molar-refractivity contribution < 1.29 is 0 Å². The molecule has 0 amide bonds. The van der Waals surface area contributed by atoms with Gasteiger partial charge in [0.1, 0.15) is 0 Å². The molecule has 0 fully saturated rings. The van der Waals surface area contributed by atoms with E-state index in [-0.39, 0.29) is 22.1 Å². The van der Waals surface area contributed by atoms with Gasteiger partial charge in [-0.3, -0.25) is 0 Å². The smallest absolute Gasteiger partial charge is 0.0650 e. The van der Waals surface area contributed by atoms with Crippen LogP contribution in [0.1, 0.15) is 41.5 Å². The van der Waals surface area contributed by atoms with Crippen molar-refractivity contribution >= 4 is 40.4 Å². The number of hydrogen-bond donors (Lipinski definition) is 0. The Balaban J connectivity index is 2.74. The summed E-state index contributed by atoms with van der Waals surface area (Å²) in [4.78, 5) is 0. The van der Waals surface area contributed by atoms with Gasteiger partial charge >= 0.3 is 0 Å². The van der Waals surface area contributed by atoms with Crippen LogP contribution in [-0.2, 0) is 0 Å². The zero-order valence-corrected chi connectivity index (χ0v) is 22.3. The molecule has 0 aliphatic carbocycles. The summed E-state index contributed by atoms with van der Waals surface area (Å²) in [6.07, 6.45) is 0. The molecule has 0 saturated carbocycles. The van der Waals surface area contributed by atoms with Crippen molar-refractivity contribution in [3.63, 3.8) is 0 Å². The summed E-state index contributed by atoms with van der Waals surface area (Å²) >= 11 is 0. The summed E-state index contributed by atoms with van der Waals surface area (Å²) in [5.41, 5.74) is 0. The average Bonchev–Trinajstić information content (AvgIpc) is 2.53. The van der Waals surface area contributed by atoms with E-state index < -0.39 is 7.74 Å². The van der Waals surface area contributed by atoms with E-state index in [0.717, 1.165) is 0 Å². The van der Waals surface area contributed by atoms with Crippen LogP contribution in [0.15, 0.2) is 60.7 Å². The highest BCUT2D eigenvalue weighted by Crippen LogP contribution is 2.94. The predicted molar refractivity (Wildman–Crippen MR) is 136 cm³/mol. The lowest BCUT2D eigenvalue weighted by atomic mass is 10.3. The Morgan fingerprint density at radius 1 is 0.556 bits per heavy atom. The van der Waals surface area contributed by atoms with Crippen LogP contribution >= 0.6 is 22.1 Å². The maximum absolute atomic E-state index is 2.63. The van der Waals surface area contributed by atoms with Gasteiger partial charge in [0.25, 0.3) is 0 Å². The zero-order chi connectivity index (χ0) is 20.5. The van der Waals surface area contributed by atoms with Crippen molar-refractivity contribution in [3.05, 3.63) is 60.7 Å². The lowest BCUT2D eigenvalue weighted by Gasteiger charge is -2.51. The second-order valence-electron chi connectivity index (χ2n) is 10.1.